The van der Waals surface area contributed by atoms with Crippen LogP contribution in [-0.4, -0.2) is 23.9 Å². The monoisotopic (exact) mass is 196 g/mol. The van der Waals surface area contributed by atoms with Crippen molar-refractivity contribution < 1.29 is 14.9 Å². The molecule has 0 bridgehead atoms. The minimum atomic E-state index is -0.0798. The van der Waals surface area contributed by atoms with E-state index in [1.807, 2.05) is 13.8 Å². The first-order valence-corrected chi connectivity index (χ1v) is 4.58. The Morgan fingerprint density at radius 2 is 2.07 bits per heavy atom. The molecule has 1 rings (SSSR count). The van der Waals surface area contributed by atoms with Gasteiger partial charge in [0.25, 0.3) is 0 Å². The predicted octanol–water partition coefficient (Wildman–Crippen LogP) is 1.81. The van der Waals surface area contributed by atoms with Crippen molar-refractivity contribution in [1.82, 2.24) is 0 Å². The molecule has 1 atom stereocenters. The second-order valence-corrected chi connectivity index (χ2v) is 3.47. The lowest BCUT2D eigenvalue weighted by Gasteiger charge is -2.14. The zero-order chi connectivity index (χ0) is 10.7. The normalized spacial score (nSPS) is 12.6. The minimum absolute atomic E-state index is 0.0141. The molecule has 0 spiro atoms. The van der Waals surface area contributed by atoms with E-state index < -0.39 is 0 Å². The van der Waals surface area contributed by atoms with Crippen LogP contribution in [-0.2, 0) is 0 Å². The molecule has 0 aromatic heterocycles. The molecule has 3 nitrogen and oxygen atoms in total. The molecule has 0 aliphatic heterocycles. The molecule has 0 radical (unpaired) electrons. The summed E-state index contributed by atoms with van der Waals surface area (Å²) in [4.78, 5) is 0. The van der Waals surface area contributed by atoms with Gasteiger partial charge in [-0.3, -0.25) is 0 Å². The van der Waals surface area contributed by atoms with Crippen LogP contribution >= 0.6 is 0 Å². The standard InChI is InChI=1S/C11H16O3/c1-7-4-9(14-3)5-10(11(7)13)8(2)6-12/h4-5,8,12-13H,6H2,1-3H3. The van der Waals surface area contributed by atoms with Crippen molar-refractivity contribution >= 4 is 0 Å². The number of aliphatic hydroxyl groups excluding tert-OH is 1. The Bertz CT molecular complexity index is 321. The molecule has 1 unspecified atom stereocenters. The summed E-state index contributed by atoms with van der Waals surface area (Å²) in [5, 5.41) is 18.8. The summed E-state index contributed by atoms with van der Waals surface area (Å²) in [7, 11) is 1.58. The summed E-state index contributed by atoms with van der Waals surface area (Å²) in [6.45, 7) is 3.68. The first-order chi connectivity index (χ1) is 6.60. The van der Waals surface area contributed by atoms with Crippen LogP contribution in [0.25, 0.3) is 0 Å². The molecule has 0 fully saturated rings. The van der Waals surface area contributed by atoms with Crippen molar-refractivity contribution in [3.05, 3.63) is 23.3 Å². The SMILES string of the molecule is COc1cc(C)c(O)c(C(C)CO)c1. The molecule has 0 saturated carbocycles. The summed E-state index contributed by atoms with van der Waals surface area (Å²) in [6.07, 6.45) is 0. The zero-order valence-corrected chi connectivity index (χ0v) is 8.74. The van der Waals surface area contributed by atoms with E-state index in [2.05, 4.69) is 0 Å². The van der Waals surface area contributed by atoms with Crippen molar-refractivity contribution in [2.75, 3.05) is 13.7 Å². The van der Waals surface area contributed by atoms with Crippen molar-refractivity contribution in [1.29, 1.82) is 0 Å². The fourth-order valence-corrected chi connectivity index (χ4v) is 1.36. The van der Waals surface area contributed by atoms with Gasteiger partial charge >= 0.3 is 0 Å². The fraction of sp³-hybridized carbons (Fsp3) is 0.455. The molecule has 1 aromatic rings. The van der Waals surface area contributed by atoms with Gasteiger partial charge in [0.15, 0.2) is 0 Å². The Labute approximate surface area is 84.0 Å². The van der Waals surface area contributed by atoms with Crippen LogP contribution in [0.15, 0.2) is 12.1 Å². The van der Waals surface area contributed by atoms with Crippen LogP contribution in [0.4, 0.5) is 0 Å². The quantitative estimate of drug-likeness (QED) is 0.775. The number of aliphatic hydroxyl groups is 1. The smallest absolute Gasteiger partial charge is 0.122 e. The minimum Gasteiger partial charge on any atom is -0.507 e. The number of phenols is 1. The van der Waals surface area contributed by atoms with Crippen molar-refractivity contribution in [3.8, 4) is 11.5 Å². The molecular weight excluding hydrogens is 180 g/mol. The Morgan fingerprint density at radius 1 is 1.43 bits per heavy atom. The van der Waals surface area contributed by atoms with Gasteiger partial charge in [-0.2, -0.15) is 0 Å². The van der Waals surface area contributed by atoms with Gasteiger partial charge in [0.2, 0.25) is 0 Å². The second kappa shape index (κ2) is 4.33. The van der Waals surface area contributed by atoms with Crippen LogP contribution < -0.4 is 4.74 Å². The van der Waals surface area contributed by atoms with E-state index in [9.17, 15) is 5.11 Å². The van der Waals surface area contributed by atoms with Gasteiger partial charge in [0.1, 0.15) is 11.5 Å². The first kappa shape index (κ1) is 10.9. The van der Waals surface area contributed by atoms with Crippen LogP contribution in [0.3, 0.4) is 0 Å². The third-order valence-corrected chi connectivity index (χ3v) is 2.34. The van der Waals surface area contributed by atoms with E-state index in [0.29, 0.717) is 5.75 Å². The molecule has 3 heteroatoms. The lowest BCUT2D eigenvalue weighted by Crippen LogP contribution is -2.01. The maximum atomic E-state index is 9.75. The molecule has 78 valence electrons. The molecule has 0 amide bonds. The Hall–Kier alpha value is -1.22. The van der Waals surface area contributed by atoms with Crippen LogP contribution in [0.1, 0.15) is 24.0 Å². The number of hydrogen-bond donors (Lipinski definition) is 2. The fourth-order valence-electron chi connectivity index (χ4n) is 1.36. The van der Waals surface area contributed by atoms with Gasteiger partial charge in [0, 0.05) is 18.1 Å². The van der Waals surface area contributed by atoms with E-state index in [1.165, 1.54) is 0 Å². The van der Waals surface area contributed by atoms with E-state index in [-0.39, 0.29) is 18.3 Å². The summed E-state index contributed by atoms with van der Waals surface area (Å²) >= 11 is 0. The highest BCUT2D eigenvalue weighted by atomic mass is 16.5. The summed E-state index contributed by atoms with van der Waals surface area (Å²) in [5.74, 6) is 0.867. The predicted molar refractivity (Wildman–Crippen MR) is 54.9 cm³/mol. The number of rotatable bonds is 3. The Morgan fingerprint density at radius 3 is 2.57 bits per heavy atom. The number of aromatic hydroxyl groups is 1. The van der Waals surface area contributed by atoms with E-state index in [4.69, 9.17) is 9.84 Å². The van der Waals surface area contributed by atoms with Gasteiger partial charge in [-0.25, -0.2) is 0 Å². The molecule has 0 saturated heterocycles. The van der Waals surface area contributed by atoms with Crippen LogP contribution in [0.2, 0.25) is 0 Å². The lowest BCUT2D eigenvalue weighted by atomic mass is 9.98. The third-order valence-electron chi connectivity index (χ3n) is 2.34. The first-order valence-electron chi connectivity index (χ1n) is 4.58. The summed E-state index contributed by atoms with van der Waals surface area (Å²) < 4.78 is 5.09. The lowest BCUT2D eigenvalue weighted by molar-refractivity contribution is 0.270. The highest BCUT2D eigenvalue weighted by molar-refractivity contribution is 5.47. The van der Waals surface area contributed by atoms with E-state index in [0.717, 1.165) is 11.1 Å². The molecule has 0 aliphatic carbocycles. The van der Waals surface area contributed by atoms with Gasteiger partial charge in [-0.15, -0.1) is 0 Å². The summed E-state index contributed by atoms with van der Waals surface area (Å²) in [6, 6.07) is 3.52. The third kappa shape index (κ3) is 1.99. The van der Waals surface area contributed by atoms with E-state index >= 15 is 0 Å². The van der Waals surface area contributed by atoms with Gasteiger partial charge < -0.3 is 14.9 Å². The van der Waals surface area contributed by atoms with Gasteiger partial charge in [-0.1, -0.05) is 6.92 Å². The largest absolute Gasteiger partial charge is 0.507 e. The zero-order valence-electron chi connectivity index (χ0n) is 8.74. The van der Waals surface area contributed by atoms with Gasteiger partial charge in [0.05, 0.1) is 7.11 Å². The molecule has 0 heterocycles. The maximum Gasteiger partial charge on any atom is 0.122 e. The number of aryl methyl sites for hydroxylation is 1. The number of phenolic OH excluding ortho intramolecular Hbond substituents is 1. The number of methoxy groups -OCH3 is 1. The topological polar surface area (TPSA) is 49.7 Å². The summed E-state index contributed by atoms with van der Waals surface area (Å²) in [5.41, 5.74) is 1.49. The molecular formula is C11H16O3. The Balaban J connectivity index is 3.20. The number of ether oxygens (including phenoxy) is 1. The van der Waals surface area contributed by atoms with E-state index in [1.54, 1.807) is 19.2 Å². The average Bonchev–Trinajstić information content (AvgIpc) is 2.20. The van der Waals surface area contributed by atoms with Crippen LogP contribution in [0, 0.1) is 6.92 Å². The van der Waals surface area contributed by atoms with Crippen molar-refractivity contribution in [3.63, 3.8) is 0 Å². The van der Waals surface area contributed by atoms with Crippen molar-refractivity contribution in [2.45, 2.75) is 19.8 Å². The van der Waals surface area contributed by atoms with Crippen LogP contribution in [0.5, 0.6) is 11.5 Å². The molecule has 14 heavy (non-hydrogen) atoms. The highest BCUT2D eigenvalue weighted by Gasteiger charge is 2.13. The Kier molecular flexibility index (Phi) is 3.36. The molecule has 0 aliphatic rings. The number of benzene rings is 1. The maximum absolute atomic E-state index is 9.75. The number of hydrogen-bond acceptors (Lipinski definition) is 3. The average molecular weight is 196 g/mol. The van der Waals surface area contributed by atoms with Gasteiger partial charge in [-0.05, 0) is 24.6 Å². The second-order valence-electron chi connectivity index (χ2n) is 3.47. The molecule has 1 aromatic carbocycles. The van der Waals surface area contributed by atoms with Crippen molar-refractivity contribution in [2.24, 2.45) is 0 Å². The highest BCUT2D eigenvalue weighted by Crippen LogP contribution is 2.32. The molecule has 2 N–H and O–H groups in total.